The molecule has 0 atom stereocenters. The SMILES string of the molecule is C/C1=C\CC/C=C/CNCS1. The van der Waals surface area contributed by atoms with Crippen molar-refractivity contribution in [1.82, 2.24) is 5.32 Å². The Kier molecular flexibility index (Phi) is 4.39. The lowest BCUT2D eigenvalue weighted by atomic mass is 10.2. The summed E-state index contributed by atoms with van der Waals surface area (Å²) in [6.07, 6.45) is 9.12. The number of hydrogen-bond donors (Lipinski definition) is 1. The molecule has 2 heteroatoms. The lowest BCUT2D eigenvalue weighted by Crippen LogP contribution is -2.12. The third kappa shape index (κ3) is 4.27. The molecule has 62 valence electrons. The molecule has 0 aliphatic carbocycles. The van der Waals surface area contributed by atoms with Crippen molar-refractivity contribution >= 4 is 11.8 Å². The molecule has 0 bridgehead atoms. The largest absolute Gasteiger partial charge is 0.304 e. The van der Waals surface area contributed by atoms with E-state index in [0.29, 0.717) is 0 Å². The molecule has 1 rings (SSSR count). The average Bonchev–Trinajstić information content (AvgIpc) is 2.03. The first-order chi connectivity index (χ1) is 5.39. The van der Waals surface area contributed by atoms with E-state index in [1.165, 1.54) is 17.7 Å². The molecule has 0 amide bonds. The van der Waals surface area contributed by atoms with Crippen molar-refractivity contribution < 1.29 is 0 Å². The van der Waals surface area contributed by atoms with Gasteiger partial charge in [0.05, 0.1) is 0 Å². The predicted molar refractivity (Wildman–Crippen MR) is 52.6 cm³/mol. The second kappa shape index (κ2) is 5.44. The van der Waals surface area contributed by atoms with Crippen LogP contribution in [-0.4, -0.2) is 12.4 Å². The summed E-state index contributed by atoms with van der Waals surface area (Å²) in [6.45, 7) is 3.19. The van der Waals surface area contributed by atoms with Gasteiger partial charge in [-0.1, -0.05) is 18.2 Å². The van der Waals surface area contributed by atoms with Gasteiger partial charge in [-0.25, -0.2) is 0 Å². The van der Waals surface area contributed by atoms with E-state index in [9.17, 15) is 0 Å². The van der Waals surface area contributed by atoms with Crippen LogP contribution in [0.3, 0.4) is 0 Å². The fourth-order valence-corrected chi connectivity index (χ4v) is 1.63. The zero-order valence-electron chi connectivity index (χ0n) is 6.97. The van der Waals surface area contributed by atoms with E-state index in [1.807, 2.05) is 11.8 Å². The monoisotopic (exact) mass is 169 g/mol. The molecule has 0 radical (unpaired) electrons. The van der Waals surface area contributed by atoms with Crippen LogP contribution in [0.4, 0.5) is 0 Å². The van der Waals surface area contributed by atoms with Gasteiger partial charge in [0, 0.05) is 12.4 Å². The molecule has 1 aliphatic heterocycles. The quantitative estimate of drug-likeness (QED) is 0.559. The molecule has 0 unspecified atom stereocenters. The van der Waals surface area contributed by atoms with Crippen LogP contribution in [0.2, 0.25) is 0 Å². The minimum atomic E-state index is 1.01. The maximum absolute atomic E-state index is 3.32. The zero-order valence-corrected chi connectivity index (χ0v) is 7.79. The minimum absolute atomic E-state index is 1.01. The summed E-state index contributed by atoms with van der Waals surface area (Å²) < 4.78 is 0. The average molecular weight is 169 g/mol. The Hall–Kier alpha value is -0.210. The molecule has 1 aliphatic rings. The Morgan fingerprint density at radius 1 is 1.36 bits per heavy atom. The van der Waals surface area contributed by atoms with Crippen LogP contribution in [-0.2, 0) is 0 Å². The van der Waals surface area contributed by atoms with Crippen LogP contribution in [0.5, 0.6) is 0 Å². The van der Waals surface area contributed by atoms with Gasteiger partial charge in [-0.2, -0.15) is 0 Å². The number of hydrogen-bond acceptors (Lipinski definition) is 2. The summed E-state index contributed by atoms with van der Waals surface area (Å²) in [5.41, 5.74) is 0. The molecule has 1 heterocycles. The molecule has 0 aromatic rings. The summed E-state index contributed by atoms with van der Waals surface area (Å²) in [4.78, 5) is 1.44. The van der Waals surface area contributed by atoms with Gasteiger partial charge in [-0.3, -0.25) is 0 Å². The van der Waals surface area contributed by atoms with E-state index in [0.717, 1.165) is 12.4 Å². The van der Waals surface area contributed by atoms with Gasteiger partial charge < -0.3 is 5.32 Å². The molecule has 0 saturated carbocycles. The fourth-order valence-electron chi connectivity index (χ4n) is 0.950. The highest BCUT2D eigenvalue weighted by Crippen LogP contribution is 2.14. The highest BCUT2D eigenvalue weighted by molar-refractivity contribution is 8.02. The third-order valence-corrected chi connectivity index (χ3v) is 2.57. The van der Waals surface area contributed by atoms with Crippen molar-refractivity contribution in [3.63, 3.8) is 0 Å². The van der Waals surface area contributed by atoms with E-state index in [4.69, 9.17) is 0 Å². The van der Waals surface area contributed by atoms with Gasteiger partial charge >= 0.3 is 0 Å². The maximum atomic E-state index is 3.32. The lowest BCUT2D eigenvalue weighted by molar-refractivity contribution is 0.883. The predicted octanol–water partition coefficient (Wildman–Crippen LogP) is 2.52. The van der Waals surface area contributed by atoms with Crippen LogP contribution in [0.25, 0.3) is 0 Å². The third-order valence-electron chi connectivity index (χ3n) is 1.60. The Balaban J connectivity index is 2.36. The van der Waals surface area contributed by atoms with E-state index >= 15 is 0 Å². The van der Waals surface area contributed by atoms with Crippen molar-refractivity contribution in [2.45, 2.75) is 19.8 Å². The van der Waals surface area contributed by atoms with Gasteiger partial charge in [-0.15, -0.1) is 11.8 Å². The number of nitrogens with one attached hydrogen (secondary N) is 1. The molecule has 0 saturated heterocycles. The molecular weight excluding hydrogens is 154 g/mol. The van der Waals surface area contributed by atoms with Crippen molar-refractivity contribution in [3.05, 3.63) is 23.1 Å². The van der Waals surface area contributed by atoms with Crippen molar-refractivity contribution in [2.75, 3.05) is 12.4 Å². The molecule has 0 aromatic heterocycles. The van der Waals surface area contributed by atoms with Gasteiger partial charge in [-0.05, 0) is 24.7 Å². The summed E-state index contributed by atoms with van der Waals surface area (Å²) >= 11 is 1.89. The van der Waals surface area contributed by atoms with Gasteiger partial charge in [0.1, 0.15) is 0 Å². The summed E-state index contributed by atoms with van der Waals surface area (Å²) in [6, 6.07) is 0. The first kappa shape index (κ1) is 8.88. The van der Waals surface area contributed by atoms with Crippen LogP contribution in [0, 0.1) is 0 Å². The molecule has 0 spiro atoms. The Labute approximate surface area is 72.9 Å². The van der Waals surface area contributed by atoms with Crippen molar-refractivity contribution in [1.29, 1.82) is 0 Å². The molecule has 0 aromatic carbocycles. The normalized spacial score (nSPS) is 28.6. The number of allylic oxidation sites excluding steroid dienone is 3. The highest BCUT2D eigenvalue weighted by Gasteiger charge is 1.91. The number of rotatable bonds is 0. The standard InChI is InChI=1S/C9H15NS/c1-9-6-4-2-3-5-7-10-8-11-9/h3,5-6,10H,2,4,7-8H2,1H3/b5-3+,9-6+. The van der Waals surface area contributed by atoms with Crippen LogP contribution in [0.15, 0.2) is 23.1 Å². The second-order valence-electron chi connectivity index (χ2n) is 2.61. The van der Waals surface area contributed by atoms with Gasteiger partial charge in [0.15, 0.2) is 0 Å². The maximum Gasteiger partial charge on any atom is 0.0464 e. The highest BCUT2D eigenvalue weighted by atomic mass is 32.2. The molecule has 0 fully saturated rings. The Morgan fingerprint density at radius 2 is 2.27 bits per heavy atom. The van der Waals surface area contributed by atoms with Gasteiger partial charge in [0.2, 0.25) is 0 Å². The fraction of sp³-hybridized carbons (Fsp3) is 0.556. The van der Waals surface area contributed by atoms with Crippen LogP contribution in [0.1, 0.15) is 19.8 Å². The first-order valence-corrected chi connectivity index (χ1v) is 5.03. The second-order valence-corrected chi connectivity index (χ2v) is 3.83. The topological polar surface area (TPSA) is 12.0 Å². The van der Waals surface area contributed by atoms with Crippen LogP contribution < -0.4 is 5.32 Å². The summed E-state index contributed by atoms with van der Waals surface area (Å²) in [5.74, 6) is 1.03. The van der Waals surface area contributed by atoms with Crippen molar-refractivity contribution in [2.24, 2.45) is 0 Å². The lowest BCUT2D eigenvalue weighted by Gasteiger charge is -2.03. The zero-order chi connectivity index (χ0) is 7.94. The Morgan fingerprint density at radius 3 is 3.18 bits per heavy atom. The number of thioether (sulfide) groups is 1. The molecule has 1 N–H and O–H groups in total. The first-order valence-electron chi connectivity index (χ1n) is 4.05. The molecule has 11 heavy (non-hydrogen) atoms. The van der Waals surface area contributed by atoms with E-state index < -0.39 is 0 Å². The van der Waals surface area contributed by atoms with E-state index in [1.54, 1.807) is 0 Å². The van der Waals surface area contributed by atoms with Crippen LogP contribution >= 0.6 is 11.8 Å². The Bertz CT molecular complexity index is 161. The summed E-state index contributed by atoms with van der Waals surface area (Å²) in [5, 5.41) is 3.32. The smallest absolute Gasteiger partial charge is 0.0464 e. The van der Waals surface area contributed by atoms with E-state index in [2.05, 4.69) is 30.5 Å². The van der Waals surface area contributed by atoms with Gasteiger partial charge in [0.25, 0.3) is 0 Å². The van der Waals surface area contributed by atoms with Crippen molar-refractivity contribution in [3.8, 4) is 0 Å². The molecule has 1 nitrogen and oxygen atoms in total. The molecular formula is C9H15NS. The van der Waals surface area contributed by atoms with E-state index in [-0.39, 0.29) is 0 Å². The summed E-state index contributed by atoms with van der Waals surface area (Å²) in [7, 11) is 0. The minimum Gasteiger partial charge on any atom is -0.304 e.